The molecule has 0 aliphatic carbocycles. The molecule has 22 heavy (non-hydrogen) atoms. The Morgan fingerprint density at radius 2 is 1.95 bits per heavy atom. The molecule has 0 aromatic heterocycles. The van der Waals surface area contributed by atoms with Crippen LogP contribution in [-0.2, 0) is 19.4 Å². The van der Waals surface area contributed by atoms with Crippen LogP contribution >= 0.6 is 0 Å². The van der Waals surface area contributed by atoms with Gasteiger partial charge in [-0.25, -0.2) is 12.8 Å². The highest BCUT2D eigenvalue weighted by atomic mass is 32.2. The number of halogens is 1. The monoisotopic (exact) mass is 330 g/mol. The number of hydrogen-bond donors (Lipinski definition) is 2. The van der Waals surface area contributed by atoms with E-state index < -0.39 is 33.5 Å². The van der Waals surface area contributed by atoms with Crippen LogP contribution < -0.4 is 10.6 Å². The molecule has 0 bridgehead atoms. The second-order valence-corrected chi connectivity index (χ2v) is 7.38. The normalized spacial score (nSPS) is 12.5. The van der Waals surface area contributed by atoms with Gasteiger partial charge in [0.2, 0.25) is 11.8 Å². The second-order valence-electron chi connectivity index (χ2n) is 5.12. The number of benzene rings is 1. The van der Waals surface area contributed by atoms with E-state index in [0.717, 1.165) is 12.3 Å². The first-order chi connectivity index (χ1) is 10.1. The minimum absolute atomic E-state index is 0.0569. The smallest absolute Gasteiger partial charge is 0.246 e. The van der Waals surface area contributed by atoms with Crippen LogP contribution in [0.3, 0.4) is 0 Å². The van der Waals surface area contributed by atoms with Gasteiger partial charge in [-0.3, -0.25) is 9.59 Å². The maximum Gasteiger partial charge on any atom is 0.246 e. The SMILES string of the molecule is CC(=O)NC(CCS(C)(=O)=O)C(=O)Nc1cc(F)ccc1C. The third-order valence-corrected chi connectivity index (χ3v) is 3.91. The van der Waals surface area contributed by atoms with Gasteiger partial charge in [-0.2, -0.15) is 0 Å². The van der Waals surface area contributed by atoms with Gasteiger partial charge < -0.3 is 10.6 Å². The van der Waals surface area contributed by atoms with Crippen LogP contribution in [0.25, 0.3) is 0 Å². The number of carbonyl (C=O) groups is 2. The highest BCUT2D eigenvalue weighted by Crippen LogP contribution is 2.16. The van der Waals surface area contributed by atoms with E-state index in [2.05, 4.69) is 10.6 Å². The maximum atomic E-state index is 13.2. The Hall–Kier alpha value is -1.96. The third-order valence-electron chi connectivity index (χ3n) is 2.93. The number of aryl methyl sites for hydroxylation is 1. The number of sulfone groups is 1. The van der Waals surface area contributed by atoms with E-state index in [1.54, 1.807) is 6.92 Å². The third kappa shape index (κ3) is 6.21. The Balaban J connectivity index is 2.86. The van der Waals surface area contributed by atoms with Gasteiger partial charge in [0.05, 0.1) is 5.75 Å². The second kappa shape index (κ2) is 7.35. The van der Waals surface area contributed by atoms with E-state index in [1.165, 1.54) is 19.1 Å². The Kier molecular flexibility index (Phi) is 6.04. The molecule has 0 radical (unpaired) electrons. The molecule has 0 aliphatic heterocycles. The van der Waals surface area contributed by atoms with Crippen molar-refractivity contribution in [2.75, 3.05) is 17.3 Å². The predicted molar refractivity (Wildman–Crippen MR) is 81.7 cm³/mol. The van der Waals surface area contributed by atoms with Gasteiger partial charge >= 0.3 is 0 Å². The summed E-state index contributed by atoms with van der Waals surface area (Å²) in [6.45, 7) is 2.92. The minimum atomic E-state index is -3.27. The van der Waals surface area contributed by atoms with Crippen LogP contribution in [0.15, 0.2) is 18.2 Å². The first-order valence-electron chi connectivity index (χ1n) is 6.60. The first kappa shape index (κ1) is 18.1. The molecule has 0 aliphatic rings. The van der Waals surface area contributed by atoms with Crippen LogP contribution in [0.5, 0.6) is 0 Å². The summed E-state index contributed by atoms with van der Waals surface area (Å²) >= 11 is 0. The molecule has 0 saturated heterocycles. The average Bonchev–Trinajstić information content (AvgIpc) is 2.37. The minimum Gasteiger partial charge on any atom is -0.345 e. The number of rotatable bonds is 6. The highest BCUT2D eigenvalue weighted by Gasteiger charge is 2.22. The summed E-state index contributed by atoms with van der Waals surface area (Å²) in [6, 6.07) is 2.93. The summed E-state index contributed by atoms with van der Waals surface area (Å²) in [7, 11) is -3.27. The van der Waals surface area contributed by atoms with Crippen molar-refractivity contribution in [3.8, 4) is 0 Å². The Labute approximate surface area is 129 Å². The number of nitrogens with one attached hydrogen (secondary N) is 2. The van der Waals surface area contributed by atoms with E-state index in [-0.39, 0.29) is 17.9 Å². The highest BCUT2D eigenvalue weighted by molar-refractivity contribution is 7.90. The molecule has 122 valence electrons. The summed E-state index contributed by atoms with van der Waals surface area (Å²) in [4.78, 5) is 23.3. The molecule has 0 heterocycles. The molecule has 1 rings (SSSR count). The van der Waals surface area contributed by atoms with Crippen LogP contribution in [0, 0.1) is 12.7 Å². The fourth-order valence-corrected chi connectivity index (χ4v) is 2.46. The molecule has 0 spiro atoms. The van der Waals surface area contributed by atoms with Crippen molar-refractivity contribution in [1.82, 2.24) is 5.32 Å². The maximum absolute atomic E-state index is 13.2. The zero-order valence-electron chi connectivity index (χ0n) is 12.6. The van der Waals surface area contributed by atoms with Crippen molar-refractivity contribution in [2.24, 2.45) is 0 Å². The van der Waals surface area contributed by atoms with Crippen molar-refractivity contribution in [3.63, 3.8) is 0 Å². The molecule has 2 amide bonds. The zero-order chi connectivity index (χ0) is 16.9. The van der Waals surface area contributed by atoms with Crippen LogP contribution in [-0.4, -0.2) is 38.3 Å². The summed E-state index contributed by atoms with van der Waals surface area (Å²) < 4.78 is 35.6. The molecule has 2 N–H and O–H groups in total. The standard InChI is InChI=1S/C14H19FN2O4S/c1-9-4-5-11(15)8-13(9)17-14(19)12(16-10(2)18)6-7-22(3,20)21/h4-5,8,12H,6-7H2,1-3H3,(H,16,18)(H,17,19). The molecule has 1 unspecified atom stereocenters. The van der Waals surface area contributed by atoms with Gasteiger partial charge in [-0.05, 0) is 31.0 Å². The lowest BCUT2D eigenvalue weighted by Crippen LogP contribution is -2.44. The van der Waals surface area contributed by atoms with Gasteiger partial charge in [0.1, 0.15) is 21.7 Å². The molecule has 0 fully saturated rings. The van der Waals surface area contributed by atoms with Crippen molar-refractivity contribution in [3.05, 3.63) is 29.6 Å². The fraction of sp³-hybridized carbons (Fsp3) is 0.429. The van der Waals surface area contributed by atoms with Gasteiger partial charge in [0.25, 0.3) is 0 Å². The average molecular weight is 330 g/mol. The quantitative estimate of drug-likeness (QED) is 0.814. The molecular formula is C14H19FN2O4S. The molecular weight excluding hydrogens is 311 g/mol. The van der Waals surface area contributed by atoms with Crippen LogP contribution in [0.2, 0.25) is 0 Å². The molecule has 0 saturated carbocycles. The summed E-state index contributed by atoms with van der Waals surface area (Å²) in [5, 5.41) is 4.90. The predicted octanol–water partition coefficient (Wildman–Crippen LogP) is 1.01. The molecule has 1 aromatic carbocycles. The number of carbonyl (C=O) groups excluding carboxylic acids is 2. The topological polar surface area (TPSA) is 92.3 Å². The largest absolute Gasteiger partial charge is 0.345 e. The number of hydrogen-bond acceptors (Lipinski definition) is 4. The first-order valence-corrected chi connectivity index (χ1v) is 8.66. The molecule has 1 atom stereocenters. The zero-order valence-corrected chi connectivity index (χ0v) is 13.5. The lowest BCUT2D eigenvalue weighted by molar-refractivity contribution is -0.125. The Bertz CT molecular complexity index is 673. The van der Waals surface area contributed by atoms with Gasteiger partial charge in [-0.15, -0.1) is 0 Å². The Morgan fingerprint density at radius 3 is 2.50 bits per heavy atom. The fourth-order valence-electron chi connectivity index (χ4n) is 1.79. The molecule has 1 aromatic rings. The van der Waals surface area contributed by atoms with Gasteiger partial charge in [-0.1, -0.05) is 6.07 Å². The van der Waals surface area contributed by atoms with Crippen molar-refractivity contribution in [2.45, 2.75) is 26.3 Å². The van der Waals surface area contributed by atoms with E-state index >= 15 is 0 Å². The van der Waals surface area contributed by atoms with E-state index in [9.17, 15) is 22.4 Å². The molecule has 6 nitrogen and oxygen atoms in total. The summed E-state index contributed by atoms with van der Waals surface area (Å²) in [5.74, 6) is -1.79. The summed E-state index contributed by atoms with van der Waals surface area (Å²) in [6.07, 6.45) is 0.991. The van der Waals surface area contributed by atoms with Crippen molar-refractivity contribution < 1.29 is 22.4 Å². The van der Waals surface area contributed by atoms with E-state index in [1.807, 2.05) is 0 Å². The lowest BCUT2D eigenvalue weighted by atomic mass is 10.1. The van der Waals surface area contributed by atoms with Crippen molar-refractivity contribution >= 4 is 27.3 Å². The van der Waals surface area contributed by atoms with Gasteiger partial charge in [0, 0.05) is 18.9 Å². The number of amides is 2. The summed E-state index contributed by atoms with van der Waals surface area (Å²) in [5.41, 5.74) is 0.930. The molecule has 8 heteroatoms. The van der Waals surface area contributed by atoms with Gasteiger partial charge in [0.15, 0.2) is 0 Å². The van der Waals surface area contributed by atoms with Crippen LogP contribution in [0.1, 0.15) is 18.9 Å². The van der Waals surface area contributed by atoms with Crippen LogP contribution in [0.4, 0.5) is 10.1 Å². The van der Waals surface area contributed by atoms with Crippen molar-refractivity contribution in [1.29, 1.82) is 0 Å². The Morgan fingerprint density at radius 1 is 1.32 bits per heavy atom. The van der Waals surface area contributed by atoms with E-state index in [0.29, 0.717) is 5.56 Å². The van der Waals surface area contributed by atoms with E-state index in [4.69, 9.17) is 0 Å². The number of anilines is 1. The lowest BCUT2D eigenvalue weighted by Gasteiger charge is -2.18.